The second-order valence-corrected chi connectivity index (χ2v) is 4.13. The van der Waals surface area contributed by atoms with Crippen LogP contribution in [0.1, 0.15) is 20.7 Å². The predicted molar refractivity (Wildman–Crippen MR) is 54.4 cm³/mol. The van der Waals surface area contributed by atoms with E-state index >= 15 is 0 Å². The van der Waals surface area contributed by atoms with Crippen molar-refractivity contribution in [2.24, 2.45) is 0 Å². The fourth-order valence-corrected chi connectivity index (χ4v) is 2.29. The number of hydrogen-bond donors (Lipinski definition) is 1. The highest BCUT2D eigenvalue weighted by Gasteiger charge is 2.13. The fourth-order valence-electron chi connectivity index (χ4n) is 0.818. The number of aliphatic hydroxyl groups excluding tert-OH is 1. The average Bonchev–Trinajstić information content (AvgIpc) is 2.64. The van der Waals surface area contributed by atoms with Crippen molar-refractivity contribution in [3.05, 3.63) is 21.9 Å². The van der Waals surface area contributed by atoms with Crippen molar-refractivity contribution < 1.29 is 14.6 Å². The number of ether oxygens (including phenoxy) is 1. The minimum atomic E-state index is -0.552. The molecule has 0 radical (unpaired) electrons. The number of rotatable bonds is 3. The maximum absolute atomic E-state index is 11.0. The summed E-state index contributed by atoms with van der Waals surface area (Å²) in [6, 6.07) is 3.38. The zero-order valence-corrected chi connectivity index (χ0v) is 9.39. The molecule has 1 N–H and O–H groups in total. The molecule has 0 aromatic carbocycles. The van der Waals surface area contributed by atoms with E-state index in [0.29, 0.717) is 10.2 Å². The van der Waals surface area contributed by atoms with Gasteiger partial charge < -0.3 is 9.84 Å². The Bertz CT molecular complexity index is 297. The van der Waals surface area contributed by atoms with Crippen LogP contribution in [0.15, 0.2) is 12.1 Å². The molecule has 0 fully saturated rings. The molecule has 5 heteroatoms. The van der Waals surface area contributed by atoms with E-state index in [4.69, 9.17) is 0 Å². The van der Waals surface area contributed by atoms with Crippen LogP contribution in [0.2, 0.25) is 0 Å². The third-order valence-electron chi connectivity index (χ3n) is 1.49. The zero-order chi connectivity index (χ0) is 9.84. The monoisotopic (exact) mass is 264 g/mol. The van der Waals surface area contributed by atoms with E-state index in [-0.39, 0.29) is 5.97 Å². The van der Waals surface area contributed by atoms with E-state index < -0.39 is 6.10 Å². The molecule has 0 aliphatic heterocycles. The fraction of sp³-hybridized carbons (Fsp3) is 0.375. The van der Waals surface area contributed by atoms with Gasteiger partial charge in [-0.25, -0.2) is 4.79 Å². The minimum Gasteiger partial charge on any atom is -0.465 e. The number of carbonyl (C=O) groups excluding carboxylic acids is 1. The number of methoxy groups -OCH3 is 1. The second kappa shape index (κ2) is 4.74. The van der Waals surface area contributed by atoms with Crippen molar-refractivity contribution in [2.45, 2.75) is 6.10 Å². The standard InChI is InChI=1S/C8H9BrO3S/c1-12-8(11)7-3-2-6(13-7)5(10)4-9/h2-3,5,10H,4H2,1H3. The minimum absolute atomic E-state index is 0.363. The van der Waals surface area contributed by atoms with Crippen molar-refractivity contribution in [1.82, 2.24) is 0 Å². The lowest BCUT2D eigenvalue weighted by Crippen LogP contribution is -1.97. The van der Waals surface area contributed by atoms with Crippen LogP contribution < -0.4 is 0 Å². The van der Waals surface area contributed by atoms with Gasteiger partial charge in [-0.1, -0.05) is 15.9 Å². The second-order valence-electron chi connectivity index (χ2n) is 2.36. The van der Waals surface area contributed by atoms with Crippen molar-refractivity contribution in [1.29, 1.82) is 0 Å². The molecule has 0 saturated carbocycles. The topological polar surface area (TPSA) is 46.5 Å². The molecule has 1 aromatic rings. The van der Waals surface area contributed by atoms with Crippen molar-refractivity contribution in [3.63, 3.8) is 0 Å². The van der Waals surface area contributed by atoms with E-state index in [1.807, 2.05) is 0 Å². The van der Waals surface area contributed by atoms with Crippen LogP contribution in [0.4, 0.5) is 0 Å². The van der Waals surface area contributed by atoms with Gasteiger partial charge in [0, 0.05) is 10.2 Å². The molecule has 0 aliphatic rings. The molecule has 1 aromatic heterocycles. The van der Waals surface area contributed by atoms with Crippen LogP contribution in [0, 0.1) is 0 Å². The van der Waals surface area contributed by atoms with Gasteiger partial charge in [-0.05, 0) is 12.1 Å². The van der Waals surface area contributed by atoms with Gasteiger partial charge in [-0.15, -0.1) is 11.3 Å². The van der Waals surface area contributed by atoms with Gasteiger partial charge in [0.1, 0.15) is 4.88 Å². The Labute approximate surface area is 88.5 Å². The van der Waals surface area contributed by atoms with E-state index in [0.717, 1.165) is 4.88 Å². The first-order chi connectivity index (χ1) is 6.19. The van der Waals surface area contributed by atoms with Crippen LogP contribution in [0.5, 0.6) is 0 Å². The van der Waals surface area contributed by atoms with Gasteiger partial charge in [0.25, 0.3) is 0 Å². The van der Waals surface area contributed by atoms with Gasteiger partial charge in [-0.3, -0.25) is 0 Å². The number of aliphatic hydroxyl groups is 1. The largest absolute Gasteiger partial charge is 0.465 e. The number of hydrogen-bond acceptors (Lipinski definition) is 4. The molecule has 1 heterocycles. The first-order valence-electron chi connectivity index (χ1n) is 3.61. The number of halogens is 1. The summed E-state index contributed by atoms with van der Waals surface area (Å²) in [7, 11) is 1.34. The quantitative estimate of drug-likeness (QED) is 0.671. The third kappa shape index (κ3) is 2.52. The highest BCUT2D eigenvalue weighted by atomic mass is 79.9. The van der Waals surface area contributed by atoms with Crippen molar-refractivity contribution in [3.8, 4) is 0 Å². The third-order valence-corrected chi connectivity index (χ3v) is 3.27. The summed E-state index contributed by atoms with van der Waals surface area (Å²) in [6.45, 7) is 0. The Morgan fingerprint density at radius 3 is 3.00 bits per heavy atom. The average molecular weight is 265 g/mol. The molecule has 1 atom stereocenters. The molecule has 0 bridgehead atoms. The van der Waals surface area contributed by atoms with Crippen LogP contribution in [-0.4, -0.2) is 23.5 Å². The molecule has 1 unspecified atom stereocenters. The summed E-state index contributed by atoms with van der Waals surface area (Å²) in [5.41, 5.74) is 0. The van der Waals surface area contributed by atoms with Gasteiger partial charge in [0.2, 0.25) is 0 Å². The zero-order valence-electron chi connectivity index (χ0n) is 6.99. The van der Waals surface area contributed by atoms with Gasteiger partial charge >= 0.3 is 5.97 Å². The first kappa shape index (κ1) is 10.7. The number of carbonyl (C=O) groups is 1. The lowest BCUT2D eigenvalue weighted by atomic mass is 10.3. The molecule has 0 spiro atoms. The molecular weight excluding hydrogens is 256 g/mol. The highest BCUT2D eigenvalue weighted by Crippen LogP contribution is 2.24. The van der Waals surface area contributed by atoms with E-state index in [2.05, 4.69) is 20.7 Å². The van der Waals surface area contributed by atoms with E-state index in [1.54, 1.807) is 12.1 Å². The summed E-state index contributed by atoms with van der Waals surface area (Å²) in [5.74, 6) is -0.363. The molecule has 72 valence electrons. The molecular formula is C8H9BrO3S. The van der Waals surface area contributed by atoms with Crippen molar-refractivity contribution >= 4 is 33.2 Å². The maximum Gasteiger partial charge on any atom is 0.348 e. The predicted octanol–water partition coefficient (Wildman–Crippen LogP) is 1.96. The summed E-state index contributed by atoms with van der Waals surface area (Å²) in [4.78, 5) is 12.3. The van der Waals surface area contributed by atoms with Crippen molar-refractivity contribution in [2.75, 3.05) is 12.4 Å². The lowest BCUT2D eigenvalue weighted by Gasteiger charge is -2.01. The lowest BCUT2D eigenvalue weighted by molar-refractivity contribution is 0.0606. The SMILES string of the molecule is COC(=O)c1ccc(C(O)CBr)s1. The number of esters is 1. The Hall–Kier alpha value is -0.390. The molecule has 1 rings (SSSR count). The Morgan fingerprint density at radius 1 is 1.77 bits per heavy atom. The normalized spacial score (nSPS) is 12.5. The van der Waals surface area contributed by atoms with Crippen LogP contribution >= 0.6 is 27.3 Å². The van der Waals surface area contributed by atoms with E-state index in [1.165, 1.54) is 18.4 Å². The summed E-state index contributed by atoms with van der Waals surface area (Å²) >= 11 is 4.40. The molecule has 0 amide bonds. The Kier molecular flexibility index (Phi) is 3.90. The molecule has 0 aliphatic carbocycles. The molecule has 3 nitrogen and oxygen atoms in total. The summed E-state index contributed by atoms with van der Waals surface area (Å²) < 4.78 is 4.54. The highest BCUT2D eigenvalue weighted by molar-refractivity contribution is 9.09. The first-order valence-corrected chi connectivity index (χ1v) is 5.55. The summed E-state index contributed by atoms with van der Waals surface area (Å²) in [5, 5.41) is 9.87. The summed E-state index contributed by atoms with van der Waals surface area (Å²) in [6.07, 6.45) is -0.552. The molecule has 0 saturated heterocycles. The van der Waals surface area contributed by atoms with Crippen LogP contribution in [-0.2, 0) is 4.74 Å². The molecule has 13 heavy (non-hydrogen) atoms. The van der Waals surface area contributed by atoms with E-state index in [9.17, 15) is 9.90 Å². The van der Waals surface area contributed by atoms with Crippen LogP contribution in [0.3, 0.4) is 0 Å². The van der Waals surface area contributed by atoms with Crippen LogP contribution in [0.25, 0.3) is 0 Å². The number of thiophene rings is 1. The Balaban J connectivity index is 2.80. The Morgan fingerprint density at radius 2 is 2.46 bits per heavy atom. The van der Waals surface area contributed by atoms with Gasteiger partial charge in [-0.2, -0.15) is 0 Å². The van der Waals surface area contributed by atoms with Gasteiger partial charge in [0.05, 0.1) is 13.2 Å². The number of alkyl halides is 1. The smallest absolute Gasteiger partial charge is 0.348 e. The van der Waals surface area contributed by atoms with Gasteiger partial charge in [0.15, 0.2) is 0 Å². The maximum atomic E-state index is 11.0.